The van der Waals surface area contributed by atoms with Gasteiger partial charge in [0.05, 0.1) is 38.6 Å². The minimum atomic E-state index is -1.13. The molecule has 6 rings (SSSR count). The van der Waals surface area contributed by atoms with Crippen molar-refractivity contribution in [2.24, 2.45) is 5.92 Å². The number of rotatable bonds is 16. The summed E-state index contributed by atoms with van der Waals surface area (Å²) < 4.78 is 23.0. The van der Waals surface area contributed by atoms with Crippen molar-refractivity contribution in [3.05, 3.63) is 42.1 Å². The first-order valence-corrected chi connectivity index (χ1v) is 19.5. The van der Waals surface area contributed by atoms with Gasteiger partial charge in [-0.05, 0) is 64.0 Å². The number of amides is 4. The molecule has 4 aliphatic rings. The van der Waals surface area contributed by atoms with Crippen molar-refractivity contribution in [2.75, 3.05) is 65.8 Å². The van der Waals surface area contributed by atoms with Crippen LogP contribution in [-0.4, -0.2) is 144 Å². The number of aromatic nitrogens is 2. The third kappa shape index (κ3) is 10.7. The van der Waals surface area contributed by atoms with Gasteiger partial charge in [-0.2, -0.15) is 5.10 Å². The second kappa shape index (κ2) is 19.6. The summed E-state index contributed by atoms with van der Waals surface area (Å²) in [6.45, 7) is 3.99. The number of nitrogens with one attached hydrogen (secondary N) is 2. The molecule has 2 aromatic rings. The zero-order chi connectivity index (χ0) is 39.4. The van der Waals surface area contributed by atoms with Gasteiger partial charge in [0.2, 0.25) is 17.7 Å². The molecule has 304 valence electrons. The normalized spacial score (nSPS) is 20.4. The molecule has 4 fully saturated rings. The third-order valence-electron chi connectivity index (χ3n) is 10.3. The highest BCUT2D eigenvalue weighted by molar-refractivity contribution is 5.96. The molecule has 56 heavy (non-hydrogen) atoms. The topological polar surface area (TPSA) is 200 Å². The number of para-hydroxylation sites is 1. The van der Waals surface area contributed by atoms with E-state index in [0.717, 1.165) is 25.7 Å². The lowest BCUT2D eigenvalue weighted by Crippen LogP contribution is -2.55. The van der Waals surface area contributed by atoms with Crippen molar-refractivity contribution in [2.45, 2.75) is 76.4 Å². The van der Waals surface area contributed by atoms with Gasteiger partial charge >= 0.3 is 12.1 Å². The summed E-state index contributed by atoms with van der Waals surface area (Å²) in [6.07, 6.45) is 4.00. The highest BCUT2D eigenvalue weighted by Gasteiger charge is 2.36. The van der Waals surface area contributed by atoms with Crippen LogP contribution < -0.4 is 15.4 Å². The van der Waals surface area contributed by atoms with E-state index in [4.69, 9.17) is 23.8 Å². The number of carbonyl (C=O) groups is 6. The van der Waals surface area contributed by atoms with Gasteiger partial charge in [0, 0.05) is 50.7 Å². The molecule has 18 nitrogen and oxygen atoms in total. The quantitative estimate of drug-likeness (QED) is 0.233. The SMILES string of the molecule is CCOC(=O)ON1CCN(C(=O)[C@H](CCC(=O)OCC2CCOC2)NC(=O)c2cc(OCC(=O)N3CCC[C@H]3C(=O)NC3CCC3)n(-c3ccccc3)n2)CC1. The molecule has 4 heterocycles. The van der Waals surface area contributed by atoms with Crippen molar-refractivity contribution in [3.8, 4) is 11.6 Å². The molecule has 0 spiro atoms. The largest absolute Gasteiger partial charge is 0.527 e. The maximum absolute atomic E-state index is 13.9. The smallest absolute Gasteiger partial charge is 0.467 e. The lowest BCUT2D eigenvalue weighted by Gasteiger charge is -2.35. The van der Waals surface area contributed by atoms with Gasteiger partial charge in [0.1, 0.15) is 12.1 Å². The van der Waals surface area contributed by atoms with Crippen LogP contribution >= 0.6 is 0 Å². The van der Waals surface area contributed by atoms with Gasteiger partial charge in [-0.1, -0.05) is 18.2 Å². The maximum atomic E-state index is 13.9. The van der Waals surface area contributed by atoms with Gasteiger partial charge in [0.25, 0.3) is 11.8 Å². The third-order valence-corrected chi connectivity index (χ3v) is 10.3. The van der Waals surface area contributed by atoms with E-state index >= 15 is 0 Å². The molecule has 1 aliphatic carbocycles. The van der Waals surface area contributed by atoms with E-state index < -0.39 is 42.6 Å². The van der Waals surface area contributed by atoms with Gasteiger partial charge in [-0.15, -0.1) is 5.06 Å². The number of ether oxygens (including phenoxy) is 4. The second-order valence-electron chi connectivity index (χ2n) is 14.3. The Bertz CT molecular complexity index is 1690. The molecule has 0 bridgehead atoms. The van der Waals surface area contributed by atoms with E-state index in [9.17, 15) is 28.8 Å². The molecule has 0 radical (unpaired) electrons. The van der Waals surface area contributed by atoms with E-state index in [1.54, 1.807) is 31.2 Å². The lowest BCUT2D eigenvalue weighted by atomic mass is 9.93. The molecule has 3 aliphatic heterocycles. The summed E-state index contributed by atoms with van der Waals surface area (Å²) in [5.41, 5.74) is 0.461. The van der Waals surface area contributed by atoms with Gasteiger partial charge in [-0.25, -0.2) is 9.48 Å². The summed E-state index contributed by atoms with van der Waals surface area (Å²) in [4.78, 5) is 86.9. The summed E-state index contributed by atoms with van der Waals surface area (Å²) in [7, 11) is 0. The van der Waals surface area contributed by atoms with Crippen LogP contribution in [-0.2, 0) is 38.2 Å². The van der Waals surface area contributed by atoms with Gasteiger partial charge in [-0.3, -0.25) is 24.0 Å². The van der Waals surface area contributed by atoms with Crippen LogP contribution in [0.3, 0.4) is 0 Å². The fourth-order valence-corrected chi connectivity index (χ4v) is 6.96. The summed E-state index contributed by atoms with van der Waals surface area (Å²) in [6, 6.07) is 8.74. The number of hydrogen-bond donors (Lipinski definition) is 2. The zero-order valence-electron chi connectivity index (χ0n) is 31.7. The fraction of sp³-hybridized carbons (Fsp3) is 0.605. The van der Waals surface area contributed by atoms with Crippen LogP contribution in [0.15, 0.2) is 36.4 Å². The number of nitrogens with zero attached hydrogens (tertiary/aromatic N) is 5. The maximum Gasteiger partial charge on any atom is 0.527 e. The van der Waals surface area contributed by atoms with E-state index in [1.807, 2.05) is 6.07 Å². The predicted molar refractivity (Wildman–Crippen MR) is 196 cm³/mol. The molecule has 1 saturated carbocycles. The standard InChI is InChI=1S/C38H51N7O11/c1-2-53-38(51)56-43-19-17-42(18-20-43)37(50)29(13-14-34(47)55-24-26-15-21-52-23-26)40-35(48)30-22-33(45(41-30)28-10-4-3-5-11-28)54-25-32(46)44-16-7-12-31(44)36(49)39-27-8-6-9-27/h3-5,10-11,22,26-27,29,31H,2,6-9,12-21,23-25H2,1H3,(H,39,49)(H,40,48)/t26?,29-,31-/m0/s1. The average Bonchev–Trinajstić information content (AvgIpc) is 3.99. The molecule has 18 heteroatoms. The van der Waals surface area contributed by atoms with Crippen LogP contribution in [0.4, 0.5) is 4.79 Å². The molecule has 1 aromatic carbocycles. The summed E-state index contributed by atoms with van der Waals surface area (Å²) in [5, 5.41) is 11.7. The number of piperazine rings is 1. The Morgan fingerprint density at radius 1 is 0.946 bits per heavy atom. The van der Waals surface area contributed by atoms with E-state index in [1.165, 1.54) is 25.6 Å². The molecule has 3 atom stereocenters. The number of hydroxylamine groups is 2. The van der Waals surface area contributed by atoms with E-state index in [2.05, 4.69) is 15.7 Å². The summed E-state index contributed by atoms with van der Waals surface area (Å²) in [5.74, 6) is -1.95. The van der Waals surface area contributed by atoms with Crippen LogP contribution in [0.25, 0.3) is 5.69 Å². The molecule has 4 amide bonds. The van der Waals surface area contributed by atoms with Gasteiger partial charge < -0.3 is 44.2 Å². The van der Waals surface area contributed by atoms with Gasteiger partial charge in [0.15, 0.2) is 12.3 Å². The second-order valence-corrected chi connectivity index (χ2v) is 14.3. The van der Waals surface area contributed by atoms with Crippen molar-refractivity contribution in [1.82, 2.24) is 35.3 Å². The molecule has 1 aromatic heterocycles. The monoisotopic (exact) mass is 781 g/mol. The van der Waals surface area contributed by atoms with E-state index in [-0.39, 0.29) is 87.6 Å². The molecular formula is C38H51N7O11. The number of likely N-dealkylation sites (tertiary alicyclic amines) is 1. The Labute approximate surface area is 325 Å². The van der Waals surface area contributed by atoms with Crippen LogP contribution in [0.5, 0.6) is 5.88 Å². The number of esters is 1. The highest BCUT2D eigenvalue weighted by Crippen LogP contribution is 2.24. The van der Waals surface area contributed by atoms with Crippen LogP contribution in [0.1, 0.15) is 68.8 Å². The Hall–Kier alpha value is -5.23. The molecule has 1 unspecified atom stereocenters. The lowest BCUT2D eigenvalue weighted by molar-refractivity contribution is -0.157. The van der Waals surface area contributed by atoms with Crippen molar-refractivity contribution >= 4 is 35.8 Å². The number of hydrogen-bond acceptors (Lipinski definition) is 13. The minimum absolute atomic E-state index is 0.0489. The van der Waals surface area contributed by atoms with Crippen molar-refractivity contribution in [3.63, 3.8) is 0 Å². The summed E-state index contributed by atoms with van der Waals surface area (Å²) >= 11 is 0. The van der Waals surface area contributed by atoms with Crippen molar-refractivity contribution < 1.29 is 52.6 Å². The zero-order valence-corrected chi connectivity index (χ0v) is 31.7. The minimum Gasteiger partial charge on any atom is -0.467 e. The fourth-order valence-electron chi connectivity index (χ4n) is 6.96. The molecule has 2 N–H and O–H groups in total. The average molecular weight is 782 g/mol. The van der Waals surface area contributed by atoms with Crippen LogP contribution in [0.2, 0.25) is 0 Å². The Balaban J connectivity index is 1.13. The number of carbonyl (C=O) groups excluding carboxylic acids is 6. The predicted octanol–water partition coefficient (Wildman–Crippen LogP) is 1.60. The molecular weight excluding hydrogens is 730 g/mol. The van der Waals surface area contributed by atoms with Crippen LogP contribution in [0, 0.1) is 5.92 Å². The first-order chi connectivity index (χ1) is 27.2. The first-order valence-electron chi connectivity index (χ1n) is 19.5. The number of benzene rings is 1. The molecule has 3 saturated heterocycles. The first kappa shape index (κ1) is 40.4. The Morgan fingerprint density at radius 2 is 1.73 bits per heavy atom. The Kier molecular flexibility index (Phi) is 14.1. The van der Waals surface area contributed by atoms with Crippen molar-refractivity contribution in [1.29, 1.82) is 0 Å². The van der Waals surface area contributed by atoms with E-state index in [0.29, 0.717) is 38.3 Å². The Morgan fingerprint density at radius 3 is 2.43 bits per heavy atom. The highest BCUT2D eigenvalue weighted by atomic mass is 16.8.